The summed E-state index contributed by atoms with van der Waals surface area (Å²) in [6.45, 7) is 3.64. The molecule has 78 valence electrons. The summed E-state index contributed by atoms with van der Waals surface area (Å²) in [5, 5.41) is 9.47. The van der Waals surface area contributed by atoms with E-state index >= 15 is 0 Å². The first-order valence-electron chi connectivity index (χ1n) is 4.62. The summed E-state index contributed by atoms with van der Waals surface area (Å²) in [6.07, 6.45) is 5.78. The van der Waals surface area contributed by atoms with Crippen molar-refractivity contribution in [3.8, 4) is 0 Å². The molecule has 1 aromatic rings. The van der Waals surface area contributed by atoms with Crippen LogP contribution in [-0.4, -0.2) is 10.7 Å². The first kappa shape index (κ1) is 11.8. The van der Waals surface area contributed by atoms with Crippen molar-refractivity contribution in [1.29, 1.82) is 0 Å². The number of rotatable bonds is 4. The summed E-state index contributed by atoms with van der Waals surface area (Å²) in [4.78, 5) is 1.16. The van der Waals surface area contributed by atoms with E-state index in [2.05, 4.69) is 6.08 Å². The third-order valence-corrected chi connectivity index (χ3v) is 3.00. The van der Waals surface area contributed by atoms with Crippen molar-refractivity contribution >= 4 is 29.0 Å². The highest BCUT2D eigenvalue weighted by Crippen LogP contribution is 2.22. The van der Waals surface area contributed by atoms with Crippen LogP contribution < -0.4 is 0 Å². The highest BCUT2D eigenvalue weighted by Gasteiger charge is 2.09. The zero-order chi connectivity index (χ0) is 10.6. The van der Waals surface area contributed by atoms with E-state index in [9.17, 15) is 5.11 Å². The Bertz CT molecular complexity index is 309. The summed E-state index contributed by atoms with van der Waals surface area (Å²) in [7, 11) is 0. The molecule has 0 aliphatic heterocycles. The van der Waals surface area contributed by atoms with E-state index in [0.29, 0.717) is 0 Å². The molecular weight excluding hydrogens is 216 g/mol. The van der Waals surface area contributed by atoms with Crippen LogP contribution >= 0.6 is 22.9 Å². The molecule has 1 aromatic heterocycles. The fraction of sp³-hybridized carbons (Fsp3) is 0.455. The molecule has 14 heavy (non-hydrogen) atoms. The Labute approximate surface area is 94.0 Å². The molecule has 0 fully saturated rings. The van der Waals surface area contributed by atoms with Crippen molar-refractivity contribution in [2.24, 2.45) is 0 Å². The number of halogens is 1. The van der Waals surface area contributed by atoms with Crippen molar-refractivity contribution in [1.82, 2.24) is 0 Å². The normalized spacial score (nSPS) is 12.6. The molecule has 1 heterocycles. The Morgan fingerprint density at radius 1 is 1.50 bits per heavy atom. The average molecular weight is 231 g/mol. The van der Waals surface area contributed by atoms with E-state index in [4.69, 9.17) is 11.6 Å². The largest absolute Gasteiger partial charge is 0.390 e. The maximum Gasteiger partial charge on any atom is 0.0934 e. The fourth-order valence-electron chi connectivity index (χ4n) is 1.05. The molecule has 0 aliphatic rings. The van der Waals surface area contributed by atoms with E-state index in [1.165, 1.54) is 0 Å². The summed E-state index contributed by atoms with van der Waals surface area (Å²) >= 11 is 7.35. The number of aliphatic hydroxyl groups is 1. The lowest BCUT2D eigenvalue weighted by atomic mass is 10.0. The van der Waals surface area contributed by atoms with Gasteiger partial charge in [0, 0.05) is 4.88 Å². The highest BCUT2D eigenvalue weighted by atomic mass is 35.5. The Morgan fingerprint density at radius 2 is 2.21 bits per heavy atom. The van der Waals surface area contributed by atoms with Gasteiger partial charge >= 0.3 is 0 Å². The second-order valence-corrected chi connectivity index (χ2v) is 5.64. The molecule has 0 amide bonds. The number of hydrogen-bond donors (Lipinski definition) is 1. The summed E-state index contributed by atoms with van der Waals surface area (Å²) < 4.78 is 0.812. The van der Waals surface area contributed by atoms with E-state index in [0.717, 1.165) is 22.1 Å². The van der Waals surface area contributed by atoms with Gasteiger partial charge in [-0.2, -0.15) is 0 Å². The van der Waals surface area contributed by atoms with Gasteiger partial charge in [-0.05, 0) is 44.9 Å². The van der Waals surface area contributed by atoms with Crippen LogP contribution in [0.4, 0.5) is 0 Å². The van der Waals surface area contributed by atoms with Crippen LogP contribution in [-0.2, 0) is 0 Å². The molecule has 0 saturated carbocycles. The molecule has 0 atom stereocenters. The molecular formula is C11H15ClOS. The zero-order valence-electron chi connectivity index (χ0n) is 8.46. The van der Waals surface area contributed by atoms with Crippen molar-refractivity contribution in [3.05, 3.63) is 27.4 Å². The monoisotopic (exact) mass is 230 g/mol. The summed E-state index contributed by atoms with van der Waals surface area (Å²) in [5.41, 5.74) is -0.572. The maximum absolute atomic E-state index is 9.47. The summed E-state index contributed by atoms with van der Waals surface area (Å²) in [5.74, 6) is 0. The molecule has 0 aromatic carbocycles. The van der Waals surface area contributed by atoms with Crippen LogP contribution in [0.2, 0.25) is 4.34 Å². The molecule has 1 N–H and O–H groups in total. The SMILES string of the molecule is CC(C)(O)CC/C=C/c1ccc(Cl)s1. The van der Waals surface area contributed by atoms with E-state index < -0.39 is 5.60 Å². The maximum atomic E-state index is 9.47. The van der Waals surface area contributed by atoms with Crippen molar-refractivity contribution in [2.75, 3.05) is 0 Å². The average Bonchev–Trinajstić information content (AvgIpc) is 2.44. The van der Waals surface area contributed by atoms with Crippen LogP contribution in [0.1, 0.15) is 31.6 Å². The van der Waals surface area contributed by atoms with Crippen LogP contribution in [0, 0.1) is 0 Å². The molecule has 0 radical (unpaired) electrons. The van der Waals surface area contributed by atoms with Gasteiger partial charge in [-0.25, -0.2) is 0 Å². The van der Waals surface area contributed by atoms with Gasteiger partial charge in [0.2, 0.25) is 0 Å². The molecule has 0 saturated heterocycles. The minimum atomic E-state index is -0.572. The molecule has 1 rings (SSSR count). The predicted octanol–water partition coefficient (Wildman–Crippen LogP) is 3.97. The third-order valence-electron chi connectivity index (χ3n) is 1.80. The Morgan fingerprint density at radius 3 is 2.71 bits per heavy atom. The number of hydrogen-bond acceptors (Lipinski definition) is 2. The van der Waals surface area contributed by atoms with E-state index in [1.807, 2.05) is 32.1 Å². The van der Waals surface area contributed by atoms with Gasteiger partial charge in [0.15, 0.2) is 0 Å². The Hall–Kier alpha value is -0.310. The Balaban J connectivity index is 2.35. The molecule has 0 spiro atoms. The lowest BCUT2D eigenvalue weighted by molar-refractivity contribution is 0.0722. The molecule has 0 unspecified atom stereocenters. The van der Waals surface area contributed by atoms with Gasteiger partial charge in [-0.15, -0.1) is 11.3 Å². The van der Waals surface area contributed by atoms with Crippen molar-refractivity contribution < 1.29 is 5.11 Å². The standard InChI is InChI=1S/C11H15ClOS/c1-11(2,13)8-4-3-5-9-6-7-10(12)14-9/h3,5-7,13H,4,8H2,1-2H3/b5-3+. The van der Waals surface area contributed by atoms with Gasteiger partial charge in [0.25, 0.3) is 0 Å². The summed E-state index contributed by atoms with van der Waals surface area (Å²) in [6, 6.07) is 3.88. The van der Waals surface area contributed by atoms with Crippen LogP contribution in [0.25, 0.3) is 6.08 Å². The second-order valence-electron chi connectivity index (χ2n) is 3.90. The van der Waals surface area contributed by atoms with Crippen LogP contribution in [0.5, 0.6) is 0 Å². The van der Waals surface area contributed by atoms with Crippen molar-refractivity contribution in [2.45, 2.75) is 32.3 Å². The molecule has 1 nitrogen and oxygen atoms in total. The lowest BCUT2D eigenvalue weighted by Gasteiger charge is -2.14. The fourth-order valence-corrected chi connectivity index (χ4v) is 2.05. The molecule has 3 heteroatoms. The zero-order valence-corrected chi connectivity index (χ0v) is 10.0. The Kier molecular flexibility index (Phi) is 4.17. The van der Waals surface area contributed by atoms with Crippen LogP contribution in [0.15, 0.2) is 18.2 Å². The smallest absolute Gasteiger partial charge is 0.0934 e. The lowest BCUT2D eigenvalue weighted by Crippen LogP contribution is -2.17. The topological polar surface area (TPSA) is 20.2 Å². The molecule has 0 aliphatic carbocycles. The van der Waals surface area contributed by atoms with E-state index in [-0.39, 0.29) is 0 Å². The number of allylic oxidation sites excluding steroid dienone is 1. The minimum absolute atomic E-state index is 0.572. The first-order chi connectivity index (χ1) is 6.47. The second kappa shape index (κ2) is 4.96. The van der Waals surface area contributed by atoms with Gasteiger partial charge in [-0.3, -0.25) is 0 Å². The van der Waals surface area contributed by atoms with Gasteiger partial charge < -0.3 is 5.11 Å². The number of thiophene rings is 1. The quantitative estimate of drug-likeness (QED) is 0.830. The van der Waals surface area contributed by atoms with Gasteiger partial charge in [0.05, 0.1) is 9.94 Å². The van der Waals surface area contributed by atoms with Gasteiger partial charge in [-0.1, -0.05) is 17.7 Å². The predicted molar refractivity (Wildman–Crippen MR) is 63.9 cm³/mol. The molecule has 0 bridgehead atoms. The first-order valence-corrected chi connectivity index (χ1v) is 5.81. The van der Waals surface area contributed by atoms with Crippen molar-refractivity contribution in [3.63, 3.8) is 0 Å². The minimum Gasteiger partial charge on any atom is -0.390 e. The van der Waals surface area contributed by atoms with Crippen LogP contribution in [0.3, 0.4) is 0 Å². The van der Waals surface area contributed by atoms with Gasteiger partial charge in [0.1, 0.15) is 0 Å². The third kappa shape index (κ3) is 4.80. The van der Waals surface area contributed by atoms with E-state index in [1.54, 1.807) is 11.3 Å². The highest BCUT2D eigenvalue weighted by molar-refractivity contribution is 7.16.